The normalized spacial score (nSPS) is 12.2. The van der Waals surface area contributed by atoms with Crippen molar-refractivity contribution in [3.05, 3.63) is 102 Å². The first-order chi connectivity index (χ1) is 14.0. The fraction of sp³-hybridized carbons (Fsp3) is 0.0870. The summed E-state index contributed by atoms with van der Waals surface area (Å²) in [5, 5.41) is 0. The standard InChI is InChI=1S/C23H21N3O2S/c1-17-9-11-19(12-10-17)29(27,28)26-23(16-18-6-3-2-4-7-18)22-14-13-21(25-22)20-8-5-15-24-20/h2-15,24-25H,16H2,1H3/b26-23+. The van der Waals surface area contributed by atoms with Gasteiger partial charge >= 0.3 is 0 Å². The molecule has 0 aliphatic heterocycles. The van der Waals surface area contributed by atoms with Gasteiger partial charge in [-0.3, -0.25) is 0 Å². The molecule has 5 nitrogen and oxygen atoms in total. The highest BCUT2D eigenvalue weighted by Gasteiger charge is 2.17. The third kappa shape index (κ3) is 4.38. The maximum absolute atomic E-state index is 12.9. The Morgan fingerprint density at radius 1 is 0.862 bits per heavy atom. The van der Waals surface area contributed by atoms with Crippen molar-refractivity contribution < 1.29 is 8.42 Å². The summed E-state index contributed by atoms with van der Waals surface area (Å²) in [6, 6.07) is 24.1. The van der Waals surface area contributed by atoms with Gasteiger partial charge in [-0.1, -0.05) is 48.0 Å². The molecule has 0 aliphatic carbocycles. The molecule has 2 aromatic heterocycles. The van der Waals surface area contributed by atoms with Gasteiger partial charge in [-0.05, 0) is 48.9 Å². The Bertz CT molecular complexity index is 1220. The second-order valence-electron chi connectivity index (χ2n) is 6.86. The number of aromatic nitrogens is 2. The van der Waals surface area contributed by atoms with Crippen molar-refractivity contribution in [2.45, 2.75) is 18.2 Å². The third-order valence-electron chi connectivity index (χ3n) is 4.65. The second kappa shape index (κ2) is 7.93. The smallest absolute Gasteiger partial charge is 0.282 e. The van der Waals surface area contributed by atoms with Gasteiger partial charge < -0.3 is 9.97 Å². The Kier molecular flexibility index (Phi) is 5.18. The number of hydrogen-bond acceptors (Lipinski definition) is 2. The van der Waals surface area contributed by atoms with Crippen molar-refractivity contribution in [3.8, 4) is 11.4 Å². The Hall–Kier alpha value is -3.38. The van der Waals surface area contributed by atoms with Crippen LogP contribution in [-0.2, 0) is 16.4 Å². The summed E-state index contributed by atoms with van der Waals surface area (Å²) in [5.74, 6) is 0. The fourth-order valence-corrected chi connectivity index (χ4v) is 4.13. The molecule has 2 heterocycles. The average molecular weight is 404 g/mol. The molecule has 0 saturated heterocycles. The van der Waals surface area contributed by atoms with Crippen LogP contribution in [-0.4, -0.2) is 24.1 Å². The Morgan fingerprint density at radius 3 is 2.31 bits per heavy atom. The molecule has 146 valence electrons. The lowest BCUT2D eigenvalue weighted by Crippen LogP contribution is -2.10. The quantitative estimate of drug-likeness (QED) is 0.456. The van der Waals surface area contributed by atoms with Crippen molar-refractivity contribution in [2.75, 3.05) is 0 Å². The minimum atomic E-state index is -3.83. The molecule has 0 fully saturated rings. The van der Waals surface area contributed by atoms with E-state index in [1.165, 1.54) is 0 Å². The number of sulfonamides is 1. The van der Waals surface area contributed by atoms with E-state index in [-0.39, 0.29) is 4.90 Å². The summed E-state index contributed by atoms with van der Waals surface area (Å²) < 4.78 is 30.1. The van der Waals surface area contributed by atoms with Gasteiger partial charge in [0.2, 0.25) is 0 Å². The van der Waals surface area contributed by atoms with Gasteiger partial charge in [0.05, 0.1) is 27.7 Å². The molecule has 0 saturated carbocycles. The average Bonchev–Trinajstić information content (AvgIpc) is 3.40. The molecule has 4 aromatic rings. The molecule has 4 rings (SSSR count). The van der Waals surface area contributed by atoms with Gasteiger partial charge in [0, 0.05) is 12.6 Å². The van der Waals surface area contributed by atoms with E-state index in [1.54, 1.807) is 24.3 Å². The number of H-pyrrole nitrogens is 2. The van der Waals surface area contributed by atoms with Crippen molar-refractivity contribution in [1.29, 1.82) is 0 Å². The lowest BCUT2D eigenvalue weighted by Gasteiger charge is -2.07. The molecule has 0 aliphatic rings. The number of hydrogen-bond donors (Lipinski definition) is 2. The highest BCUT2D eigenvalue weighted by Crippen LogP contribution is 2.20. The van der Waals surface area contributed by atoms with E-state index in [4.69, 9.17) is 0 Å². The zero-order valence-electron chi connectivity index (χ0n) is 16.0. The predicted molar refractivity (Wildman–Crippen MR) is 116 cm³/mol. The maximum Gasteiger partial charge on any atom is 0.282 e. The van der Waals surface area contributed by atoms with E-state index in [9.17, 15) is 8.42 Å². The van der Waals surface area contributed by atoms with Crippen molar-refractivity contribution in [2.24, 2.45) is 4.40 Å². The zero-order chi connectivity index (χ0) is 20.3. The fourth-order valence-electron chi connectivity index (χ4n) is 3.09. The molecule has 0 bridgehead atoms. The molecule has 6 heteroatoms. The van der Waals surface area contributed by atoms with Crippen LogP contribution in [0.1, 0.15) is 16.8 Å². The van der Waals surface area contributed by atoms with Crippen molar-refractivity contribution >= 4 is 15.7 Å². The summed E-state index contributed by atoms with van der Waals surface area (Å²) in [5.41, 5.74) is 4.93. The van der Waals surface area contributed by atoms with Crippen LogP contribution >= 0.6 is 0 Å². The monoisotopic (exact) mass is 403 g/mol. The summed E-state index contributed by atoms with van der Waals surface area (Å²) >= 11 is 0. The van der Waals surface area contributed by atoms with Gasteiger partial charge in [0.1, 0.15) is 0 Å². The zero-order valence-corrected chi connectivity index (χ0v) is 16.8. The topological polar surface area (TPSA) is 78.1 Å². The minimum absolute atomic E-state index is 0.185. The van der Waals surface area contributed by atoms with Crippen molar-refractivity contribution in [1.82, 2.24) is 9.97 Å². The Morgan fingerprint density at radius 2 is 1.62 bits per heavy atom. The first-order valence-corrected chi connectivity index (χ1v) is 10.7. The van der Waals surface area contributed by atoms with Gasteiger partial charge in [0.15, 0.2) is 0 Å². The lowest BCUT2D eigenvalue weighted by molar-refractivity contribution is 0.598. The van der Waals surface area contributed by atoms with Crippen LogP contribution in [0.4, 0.5) is 0 Å². The molecule has 0 atom stereocenters. The van der Waals surface area contributed by atoms with Crippen LogP contribution in [0.3, 0.4) is 0 Å². The molecule has 2 aromatic carbocycles. The van der Waals surface area contributed by atoms with Crippen LogP contribution < -0.4 is 0 Å². The van der Waals surface area contributed by atoms with Crippen LogP contribution in [0.2, 0.25) is 0 Å². The Labute approximate surface area is 170 Å². The number of benzene rings is 2. The van der Waals surface area contributed by atoms with Crippen LogP contribution in [0.25, 0.3) is 11.4 Å². The number of nitrogens with zero attached hydrogens (tertiary/aromatic N) is 1. The summed E-state index contributed by atoms with van der Waals surface area (Å²) in [6.45, 7) is 1.92. The molecule has 0 spiro atoms. The second-order valence-corrected chi connectivity index (χ2v) is 8.46. The lowest BCUT2D eigenvalue weighted by atomic mass is 10.1. The van der Waals surface area contributed by atoms with E-state index in [2.05, 4.69) is 14.4 Å². The minimum Gasteiger partial charge on any atom is -0.360 e. The molecule has 29 heavy (non-hydrogen) atoms. The highest BCUT2D eigenvalue weighted by atomic mass is 32.2. The van der Waals surface area contributed by atoms with E-state index in [0.717, 1.165) is 22.5 Å². The summed E-state index contributed by atoms with van der Waals surface area (Å²) in [4.78, 5) is 6.62. The van der Waals surface area contributed by atoms with E-state index in [0.29, 0.717) is 17.8 Å². The van der Waals surface area contributed by atoms with Gasteiger partial charge in [-0.25, -0.2) is 0 Å². The molecule has 0 radical (unpaired) electrons. The number of nitrogens with one attached hydrogen (secondary N) is 2. The van der Waals surface area contributed by atoms with Gasteiger partial charge in [0.25, 0.3) is 10.0 Å². The largest absolute Gasteiger partial charge is 0.360 e. The van der Waals surface area contributed by atoms with E-state index < -0.39 is 10.0 Å². The number of aryl methyl sites for hydroxylation is 1. The number of rotatable bonds is 6. The van der Waals surface area contributed by atoms with Gasteiger partial charge in [-0.15, -0.1) is 0 Å². The first-order valence-electron chi connectivity index (χ1n) is 9.29. The van der Waals surface area contributed by atoms with Crippen LogP contribution in [0.5, 0.6) is 0 Å². The van der Waals surface area contributed by atoms with Crippen LogP contribution in [0.15, 0.2) is 94.4 Å². The molecular weight excluding hydrogens is 382 g/mol. The molecular formula is C23H21N3O2S. The van der Waals surface area contributed by atoms with E-state index in [1.807, 2.05) is 67.7 Å². The Balaban J connectivity index is 1.76. The molecule has 0 unspecified atom stereocenters. The van der Waals surface area contributed by atoms with Gasteiger partial charge in [-0.2, -0.15) is 12.8 Å². The number of aromatic amines is 2. The SMILES string of the molecule is Cc1ccc(S(=O)(=O)/N=C(\Cc2ccccc2)c2ccc(-c3ccc[nH]3)[nH]2)cc1. The molecule has 0 amide bonds. The summed E-state index contributed by atoms with van der Waals surface area (Å²) in [6.07, 6.45) is 2.24. The third-order valence-corrected chi connectivity index (χ3v) is 5.98. The van der Waals surface area contributed by atoms with Crippen LogP contribution in [0, 0.1) is 6.92 Å². The molecule has 2 N–H and O–H groups in total. The summed E-state index contributed by atoms with van der Waals surface area (Å²) in [7, 11) is -3.83. The highest BCUT2D eigenvalue weighted by molar-refractivity contribution is 7.90. The van der Waals surface area contributed by atoms with Crippen molar-refractivity contribution in [3.63, 3.8) is 0 Å². The maximum atomic E-state index is 12.9. The first kappa shape index (κ1) is 19.0. The van der Waals surface area contributed by atoms with E-state index >= 15 is 0 Å². The predicted octanol–water partition coefficient (Wildman–Crippen LogP) is 4.74.